The van der Waals surface area contributed by atoms with Gasteiger partial charge in [-0.1, -0.05) is 24.6 Å². The number of rotatable bonds is 4. The zero-order valence-corrected chi connectivity index (χ0v) is 13.2. The molecule has 1 fully saturated rings. The number of hydrogen-bond acceptors (Lipinski definition) is 5. The Balaban J connectivity index is 2.01. The predicted molar refractivity (Wildman–Crippen MR) is 83.5 cm³/mol. The number of benzene rings is 1. The van der Waals surface area contributed by atoms with Gasteiger partial charge in [-0.3, -0.25) is 0 Å². The summed E-state index contributed by atoms with van der Waals surface area (Å²) in [6, 6.07) is 7.35. The van der Waals surface area contributed by atoms with Crippen molar-refractivity contribution >= 4 is 31.4 Å². The number of aliphatic hydroxyl groups is 1. The Hall–Kier alpha value is -0.990. The molecule has 0 saturated carbocycles. The highest BCUT2D eigenvalue weighted by molar-refractivity contribution is 7.90. The Morgan fingerprint density at radius 1 is 1.19 bits per heavy atom. The molecule has 0 aliphatic carbocycles. The first-order valence-corrected chi connectivity index (χ1v) is 9.30. The standard InChI is InChI=1S/C14H18N2O3S2/c17-10-13-14(11-6-2-3-7-12(11)20-13)21(18,19)15-16-8-4-1-5-9-16/h2-3,6-7,15,17H,1,4-5,8-10H2. The summed E-state index contributed by atoms with van der Waals surface area (Å²) in [4.78, 5) is 3.37. The third-order valence-electron chi connectivity index (χ3n) is 3.64. The SMILES string of the molecule is O=S(=O)(NN1CCCCC1)c1c(CO)sc2ccccc12. The van der Waals surface area contributed by atoms with Crippen LogP contribution in [0.5, 0.6) is 0 Å². The van der Waals surface area contributed by atoms with Crippen LogP contribution in [0.1, 0.15) is 24.1 Å². The molecule has 3 rings (SSSR count). The van der Waals surface area contributed by atoms with E-state index in [4.69, 9.17) is 0 Å². The van der Waals surface area contributed by atoms with Crippen molar-refractivity contribution in [1.29, 1.82) is 0 Å². The van der Waals surface area contributed by atoms with Gasteiger partial charge in [0.05, 0.1) is 11.5 Å². The molecule has 0 spiro atoms. The fourth-order valence-corrected chi connectivity index (χ4v) is 5.60. The first kappa shape index (κ1) is 14.9. The molecule has 5 nitrogen and oxygen atoms in total. The van der Waals surface area contributed by atoms with Crippen molar-refractivity contribution in [3.63, 3.8) is 0 Å². The van der Waals surface area contributed by atoms with E-state index in [0.717, 1.165) is 37.1 Å². The van der Waals surface area contributed by atoms with Crippen molar-refractivity contribution in [2.24, 2.45) is 0 Å². The van der Waals surface area contributed by atoms with Gasteiger partial charge in [0.25, 0.3) is 10.0 Å². The van der Waals surface area contributed by atoms with Crippen molar-refractivity contribution in [2.45, 2.75) is 30.8 Å². The summed E-state index contributed by atoms with van der Waals surface area (Å²) < 4.78 is 26.3. The number of piperidine rings is 1. The number of aliphatic hydroxyl groups excluding tert-OH is 1. The van der Waals surface area contributed by atoms with Crippen LogP contribution in [0.2, 0.25) is 0 Å². The Morgan fingerprint density at radius 2 is 1.90 bits per heavy atom. The minimum atomic E-state index is -3.66. The number of thiophene rings is 1. The Morgan fingerprint density at radius 3 is 2.62 bits per heavy atom. The fourth-order valence-electron chi connectivity index (χ4n) is 2.67. The van der Waals surface area contributed by atoms with Crippen molar-refractivity contribution in [1.82, 2.24) is 9.84 Å². The summed E-state index contributed by atoms with van der Waals surface area (Å²) in [5.74, 6) is 0. The quantitative estimate of drug-likeness (QED) is 0.902. The van der Waals surface area contributed by atoms with Crippen LogP contribution >= 0.6 is 11.3 Å². The Bertz CT molecular complexity index is 734. The molecular weight excluding hydrogens is 308 g/mol. The molecule has 0 amide bonds. The first-order chi connectivity index (χ1) is 10.1. The van der Waals surface area contributed by atoms with E-state index in [1.165, 1.54) is 11.3 Å². The lowest BCUT2D eigenvalue weighted by atomic mass is 10.2. The van der Waals surface area contributed by atoms with E-state index >= 15 is 0 Å². The number of sulfonamides is 1. The summed E-state index contributed by atoms with van der Waals surface area (Å²) in [6.07, 6.45) is 3.14. The van der Waals surface area contributed by atoms with Crippen LogP contribution in [0.15, 0.2) is 29.2 Å². The number of nitrogens with one attached hydrogen (secondary N) is 1. The van der Waals surface area contributed by atoms with Crippen LogP contribution < -0.4 is 4.83 Å². The summed E-state index contributed by atoms with van der Waals surface area (Å²) in [5.41, 5.74) is 0. The van der Waals surface area contributed by atoms with Crippen molar-refractivity contribution in [2.75, 3.05) is 13.1 Å². The zero-order valence-electron chi connectivity index (χ0n) is 11.6. The molecule has 1 aromatic heterocycles. The second-order valence-electron chi connectivity index (χ2n) is 5.15. The molecule has 1 saturated heterocycles. The van der Waals surface area contributed by atoms with E-state index in [-0.39, 0.29) is 11.5 Å². The van der Waals surface area contributed by atoms with Crippen LogP contribution in [-0.2, 0) is 16.6 Å². The van der Waals surface area contributed by atoms with E-state index in [9.17, 15) is 13.5 Å². The average molecular weight is 326 g/mol. The summed E-state index contributed by atoms with van der Waals surface area (Å²) in [7, 11) is -3.66. The highest BCUT2D eigenvalue weighted by atomic mass is 32.2. The average Bonchev–Trinajstić information content (AvgIpc) is 2.87. The molecule has 1 aliphatic rings. The van der Waals surface area contributed by atoms with Gasteiger partial charge >= 0.3 is 0 Å². The van der Waals surface area contributed by atoms with Gasteiger partial charge in [-0.2, -0.15) is 0 Å². The molecule has 2 N–H and O–H groups in total. The van der Waals surface area contributed by atoms with Crippen LogP contribution in [-0.4, -0.2) is 31.6 Å². The molecule has 0 unspecified atom stereocenters. The normalized spacial score (nSPS) is 17.4. The van der Waals surface area contributed by atoms with Gasteiger partial charge < -0.3 is 5.11 Å². The van der Waals surface area contributed by atoms with Gasteiger partial charge in [0.2, 0.25) is 0 Å². The van der Waals surface area contributed by atoms with Gasteiger partial charge in [-0.25, -0.2) is 13.4 Å². The lowest BCUT2D eigenvalue weighted by molar-refractivity contribution is 0.199. The summed E-state index contributed by atoms with van der Waals surface area (Å²) in [6.45, 7) is 1.20. The molecule has 7 heteroatoms. The third kappa shape index (κ3) is 2.97. The number of hydrazine groups is 1. The van der Waals surface area contributed by atoms with E-state index in [2.05, 4.69) is 4.83 Å². The lowest BCUT2D eigenvalue weighted by Gasteiger charge is -2.26. The Kier molecular flexibility index (Phi) is 4.28. The van der Waals surface area contributed by atoms with Crippen molar-refractivity contribution < 1.29 is 13.5 Å². The molecule has 0 radical (unpaired) electrons. The second kappa shape index (κ2) is 6.02. The monoisotopic (exact) mass is 326 g/mol. The third-order valence-corrected chi connectivity index (χ3v) is 6.42. The second-order valence-corrected chi connectivity index (χ2v) is 7.89. The van der Waals surface area contributed by atoms with Gasteiger partial charge in [-0.05, 0) is 18.9 Å². The topological polar surface area (TPSA) is 69.6 Å². The van der Waals surface area contributed by atoms with E-state index in [0.29, 0.717) is 10.3 Å². The molecule has 0 atom stereocenters. The van der Waals surface area contributed by atoms with Gasteiger partial charge in [0.15, 0.2) is 0 Å². The smallest absolute Gasteiger partial charge is 0.255 e. The highest BCUT2D eigenvalue weighted by Crippen LogP contribution is 2.34. The van der Waals surface area contributed by atoms with Crippen molar-refractivity contribution in [3.05, 3.63) is 29.1 Å². The van der Waals surface area contributed by atoms with Gasteiger partial charge in [0.1, 0.15) is 4.90 Å². The molecule has 2 heterocycles. The molecule has 1 aromatic carbocycles. The number of nitrogens with zero attached hydrogens (tertiary/aromatic N) is 1. The van der Waals surface area contributed by atoms with E-state index < -0.39 is 10.0 Å². The lowest BCUT2D eigenvalue weighted by Crippen LogP contribution is -2.45. The molecule has 2 aromatic rings. The van der Waals surface area contributed by atoms with Gasteiger partial charge in [0, 0.05) is 23.2 Å². The summed E-state index contributed by atoms with van der Waals surface area (Å²) >= 11 is 1.33. The Labute approximate surface area is 128 Å². The minimum Gasteiger partial charge on any atom is -0.391 e. The van der Waals surface area contributed by atoms with E-state index in [1.807, 2.05) is 18.2 Å². The highest BCUT2D eigenvalue weighted by Gasteiger charge is 2.26. The number of hydrogen-bond donors (Lipinski definition) is 2. The van der Waals surface area contributed by atoms with Crippen LogP contribution in [0.4, 0.5) is 0 Å². The van der Waals surface area contributed by atoms with Gasteiger partial charge in [-0.15, -0.1) is 16.2 Å². The van der Waals surface area contributed by atoms with Crippen LogP contribution in [0.25, 0.3) is 10.1 Å². The van der Waals surface area contributed by atoms with Crippen LogP contribution in [0, 0.1) is 0 Å². The molecule has 114 valence electrons. The zero-order chi connectivity index (χ0) is 14.9. The number of fused-ring (bicyclic) bond motifs is 1. The maximum absolute atomic E-state index is 12.7. The maximum Gasteiger partial charge on any atom is 0.255 e. The minimum absolute atomic E-state index is 0.219. The summed E-state index contributed by atoms with van der Waals surface area (Å²) in [5, 5.41) is 11.9. The molecular formula is C14H18N2O3S2. The molecule has 21 heavy (non-hydrogen) atoms. The maximum atomic E-state index is 12.7. The molecule has 0 bridgehead atoms. The van der Waals surface area contributed by atoms with E-state index in [1.54, 1.807) is 11.1 Å². The fraction of sp³-hybridized carbons (Fsp3) is 0.429. The molecule has 1 aliphatic heterocycles. The van der Waals surface area contributed by atoms with Crippen LogP contribution in [0.3, 0.4) is 0 Å². The largest absolute Gasteiger partial charge is 0.391 e. The first-order valence-electron chi connectivity index (χ1n) is 7.00. The van der Waals surface area contributed by atoms with Crippen molar-refractivity contribution in [3.8, 4) is 0 Å². The predicted octanol–water partition coefficient (Wildman–Crippen LogP) is 2.07.